The first-order chi connectivity index (χ1) is 8.31. The number of rotatable bonds is 2. The topological polar surface area (TPSA) is 30.0 Å². The van der Waals surface area contributed by atoms with Gasteiger partial charge in [0, 0.05) is 17.3 Å². The van der Waals surface area contributed by atoms with Crippen molar-refractivity contribution in [1.82, 2.24) is 4.98 Å². The molecule has 0 saturated heterocycles. The monoisotopic (exact) mass is 225 g/mol. The molecule has 0 saturated carbocycles. The van der Waals surface area contributed by atoms with Crippen molar-refractivity contribution in [3.8, 4) is 11.3 Å². The van der Waals surface area contributed by atoms with E-state index in [0.29, 0.717) is 5.56 Å². The average Bonchev–Trinajstić information content (AvgIpc) is 2.41. The summed E-state index contributed by atoms with van der Waals surface area (Å²) in [5, 5.41) is 0. The van der Waals surface area contributed by atoms with Crippen LogP contribution in [0.2, 0.25) is 0 Å². The number of aldehydes is 1. The predicted octanol–water partition coefficient (Wildman–Crippen LogP) is 3.75. The van der Waals surface area contributed by atoms with E-state index in [1.807, 2.05) is 37.3 Å². The summed E-state index contributed by atoms with van der Waals surface area (Å²) in [5.74, 6) is 0. The summed E-state index contributed by atoms with van der Waals surface area (Å²) >= 11 is 0. The number of pyridine rings is 1. The maximum Gasteiger partial charge on any atom is 0.150 e. The van der Waals surface area contributed by atoms with E-state index in [-0.39, 0.29) is 0 Å². The molecule has 86 valence electrons. The van der Waals surface area contributed by atoms with Crippen LogP contribution in [-0.4, -0.2) is 11.3 Å². The van der Waals surface area contributed by atoms with E-state index in [1.165, 1.54) is 0 Å². The molecule has 2 aromatic rings. The Balaban J connectivity index is 0.000000437. The van der Waals surface area contributed by atoms with Crippen LogP contribution in [0.1, 0.15) is 17.3 Å². The lowest BCUT2D eigenvalue weighted by Crippen LogP contribution is -1.83. The molecule has 0 unspecified atom stereocenters. The second kappa shape index (κ2) is 7.12. The lowest BCUT2D eigenvalue weighted by atomic mass is 10.1. The second-order valence-electron chi connectivity index (χ2n) is 3.36. The van der Waals surface area contributed by atoms with E-state index < -0.39 is 0 Å². The minimum Gasteiger partial charge on any atom is -0.298 e. The molecular weight excluding hydrogens is 210 g/mol. The van der Waals surface area contributed by atoms with E-state index in [0.717, 1.165) is 17.5 Å². The Morgan fingerprint density at radius 1 is 1.12 bits per heavy atom. The van der Waals surface area contributed by atoms with Gasteiger partial charge in [-0.25, -0.2) is 0 Å². The van der Waals surface area contributed by atoms with Crippen molar-refractivity contribution in [3.05, 3.63) is 66.9 Å². The van der Waals surface area contributed by atoms with Gasteiger partial charge in [0.05, 0.1) is 5.69 Å². The third-order valence-corrected chi connectivity index (χ3v) is 2.01. The number of carbonyl (C=O) groups is 1. The molecule has 0 N–H and O–H groups in total. The van der Waals surface area contributed by atoms with Gasteiger partial charge >= 0.3 is 0 Å². The third-order valence-electron chi connectivity index (χ3n) is 2.01. The molecule has 1 aromatic heterocycles. The summed E-state index contributed by atoms with van der Waals surface area (Å²) in [5.41, 5.74) is 2.63. The van der Waals surface area contributed by atoms with Crippen molar-refractivity contribution in [1.29, 1.82) is 0 Å². The Morgan fingerprint density at radius 3 is 2.24 bits per heavy atom. The SMILES string of the molecule is C=CC.O=Cc1ccc(-c2ccccn2)cc1. The molecule has 0 aliphatic carbocycles. The molecule has 1 aromatic carbocycles. The maximum atomic E-state index is 10.4. The van der Waals surface area contributed by atoms with Crippen LogP contribution in [0.25, 0.3) is 11.3 Å². The summed E-state index contributed by atoms with van der Waals surface area (Å²) in [6, 6.07) is 13.1. The zero-order valence-electron chi connectivity index (χ0n) is 9.84. The Kier molecular flexibility index (Phi) is 5.38. The van der Waals surface area contributed by atoms with Crippen molar-refractivity contribution in [2.24, 2.45) is 0 Å². The highest BCUT2D eigenvalue weighted by atomic mass is 16.1. The molecule has 0 radical (unpaired) electrons. The number of nitrogens with zero attached hydrogens (tertiary/aromatic N) is 1. The second-order valence-corrected chi connectivity index (χ2v) is 3.36. The number of aromatic nitrogens is 1. The molecule has 0 atom stereocenters. The van der Waals surface area contributed by atoms with Crippen LogP contribution in [-0.2, 0) is 0 Å². The molecule has 2 rings (SSSR count). The number of benzene rings is 1. The standard InChI is InChI=1S/C12H9NO.C3H6/c14-9-10-4-6-11(7-5-10)12-3-1-2-8-13-12;1-3-2/h1-9H;3H,1H2,2H3. The molecule has 0 fully saturated rings. The smallest absolute Gasteiger partial charge is 0.150 e. The molecule has 1 heterocycles. The summed E-state index contributed by atoms with van der Waals surface area (Å²) in [6.45, 7) is 5.25. The van der Waals surface area contributed by atoms with Crippen molar-refractivity contribution < 1.29 is 4.79 Å². The fourth-order valence-electron chi connectivity index (χ4n) is 1.27. The molecule has 2 nitrogen and oxygen atoms in total. The fraction of sp³-hybridized carbons (Fsp3) is 0.0667. The van der Waals surface area contributed by atoms with Gasteiger partial charge in [0.25, 0.3) is 0 Å². The van der Waals surface area contributed by atoms with Crippen LogP contribution in [0, 0.1) is 0 Å². The summed E-state index contributed by atoms with van der Waals surface area (Å²) in [7, 11) is 0. The zero-order chi connectivity index (χ0) is 12.5. The molecule has 17 heavy (non-hydrogen) atoms. The van der Waals surface area contributed by atoms with Crippen LogP contribution in [0.3, 0.4) is 0 Å². The quantitative estimate of drug-likeness (QED) is 0.575. The van der Waals surface area contributed by atoms with Crippen LogP contribution in [0.5, 0.6) is 0 Å². The van der Waals surface area contributed by atoms with E-state index in [1.54, 1.807) is 24.4 Å². The summed E-state index contributed by atoms with van der Waals surface area (Å²) < 4.78 is 0. The van der Waals surface area contributed by atoms with Gasteiger partial charge in [0.1, 0.15) is 6.29 Å². The van der Waals surface area contributed by atoms with Gasteiger partial charge in [-0.1, -0.05) is 36.4 Å². The van der Waals surface area contributed by atoms with Crippen molar-refractivity contribution in [2.45, 2.75) is 6.92 Å². The van der Waals surface area contributed by atoms with Crippen LogP contribution >= 0.6 is 0 Å². The first kappa shape index (κ1) is 12.8. The minimum absolute atomic E-state index is 0.685. The van der Waals surface area contributed by atoms with Crippen LogP contribution in [0.15, 0.2) is 61.3 Å². The number of hydrogen-bond acceptors (Lipinski definition) is 2. The van der Waals surface area contributed by atoms with E-state index in [4.69, 9.17) is 0 Å². The lowest BCUT2D eigenvalue weighted by Gasteiger charge is -1.99. The van der Waals surface area contributed by atoms with Crippen molar-refractivity contribution >= 4 is 6.29 Å². The molecular formula is C15H15NO. The molecule has 2 heteroatoms. The maximum absolute atomic E-state index is 10.4. The van der Waals surface area contributed by atoms with Crippen molar-refractivity contribution in [3.63, 3.8) is 0 Å². The van der Waals surface area contributed by atoms with Gasteiger partial charge in [-0.2, -0.15) is 0 Å². The molecule has 0 spiro atoms. The molecule has 0 aliphatic heterocycles. The van der Waals surface area contributed by atoms with Gasteiger partial charge in [0.15, 0.2) is 0 Å². The average molecular weight is 225 g/mol. The van der Waals surface area contributed by atoms with E-state index in [9.17, 15) is 4.79 Å². The predicted molar refractivity (Wildman–Crippen MR) is 70.9 cm³/mol. The van der Waals surface area contributed by atoms with Crippen molar-refractivity contribution in [2.75, 3.05) is 0 Å². The Hall–Kier alpha value is -2.22. The summed E-state index contributed by atoms with van der Waals surface area (Å²) in [6.07, 6.45) is 4.34. The molecule has 0 bridgehead atoms. The molecule has 0 amide bonds. The Morgan fingerprint density at radius 2 is 1.76 bits per heavy atom. The number of hydrogen-bond donors (Lipinski definition) is 0. The van der Waals surface area contributed by atoms with Gasteiger partial charge in [-0.05, 0) is 19.1 Å². The van der Waals surface area contributed by atoms with E-state index in [2.05, 4.69) is 11.6 Å². The van der Waals surface area contributed by atoms with Gasteiger partial charge in [-0.3, -0.25) is 9.78 Å². The van der Waals surface area contributed by atoms with Gasteiger partial charge in [-0.15, -0.1) is 6.58 Å². The highest BCUT2D eigenvalue weighted by Gasteiger charge is 1.96. The first-order valence-electron chi connectivity index (χ1n) is 5.35. The largest absolute Gasteiger partial charge is 0.298 e. The third kappa shape index (κ3) is 4.03. The van der Waals surface area contributed by atoms with Gasteiger partial charge < -0.3 is 0 Å². The first-order valence-corrected chi connectivity index (χ1v) is 5.35. The number of carbonyl (C=O) groups excluding carboxylic acids is 1. The van der Waals surface area contributed by atoms with Crippen LogP contribution in [0.4, 0.5) is 0 Å². The van der Waals surface area contributed by atoms with Crippen LogP contribution < -0.4 is 0 Å². The summed E-state index contributed by atoms with van der Waals surface area (Å²) in [4.78, 5) is 14.7. The van der Waals surface area contributed by atoms with Gasteiger partial charge in [0.2, 0.25) is 0 Å². The molecule has 0 aliphatic rings. The number of allylic oxidation sites excluding steroid dienone is 1. The Bertz CT molecular complexity index is 460. The normalized spacial score (nSPS) is 8.76. The highest BCUT2D eigenvalue weighted by molar-refractivity contribution is 5.76. The highest BCUT2D eigenvalue weighted by Crippen LogP contribution is 2.15. The Labute approximate surface area is 102 Å². The fourth-order valence-corrected chi connectivity index (χ4v) is 1.27. The lowest BCUT2D eigenvalue weighted by molar-refractivity contribution is 0.112. The zero-order valence-corrected chi connectivity index (χ0v) is 9.84. The van der Waals surface area contributed by atoms with E-state index >= 15 is 0 Å². The minimum atomic E-state index is 0.685.